The molecule has 1 amide bonds. The molecule has 3 aromatic rings. The summed E-state index contributed by atoms with van der Waals surface area (Å²) in [5.74, 6) is 1.13. The number of carbonyl (C=O) groups excluding carboxylic acids is 1. The molecule has 4 aliphatic rings. The van der Waals surface area contributed by atoms with Crippen LogP contribution in [-0.4, -0.2) is 48.1 Å². The van der Waals surface area contributed by atoms with Gasteiger partial charge in [0.1, 0.15) is 17.8 Å². The van der Waals surface area contributed by atoms with Crippen molar-refractivity contribution in [3.8, 4) is 17.2 Å². The number of nitriles is 1. The van der Waals surface area contributed by atoms with Crippen LogP contribution in [0.4, 0.5) is 16.3 Å². The number of ether oxygens (including phenoxy) is 2. The van der Waals surface area contributed by atoms with Crippen molar-refractivity contribution < 1.29 is 18.8 Å². The van der Waals surface area contributed by atoms with Crippen molar-refractivity contribution in [2.75, 3.05) is 30.0 Å². The predicted octanol–water partition coefficient (Wildman–Crippen LogP) is 3.14. The van der Waals surface area contributed by atoms with Gasteiger partial charge in [-0.3, -0.25) is 9.88 Å². The van der Waals surface area contributed by atoms with Gasteiger partial charge in [0, 0.05) is 29.7 Å². The number of nitrogens with zero attached hydrogens (tertiary/aromatic N) is 4. The highest BCUT2D eigenvalue weighted by Crippen LogP contribution is 2.62. The zero-order valence-corrected chi connectivity index (χ0v) is 18.2. The van der Waals surface area contributed by atoms with E-state index in [4.69, 9.17) is 14.0 Å². The third-order valence-corrected chi connectivity index (χ3v) is 7.75. The lowest BCUT2D eigenvalue weighted by atomic mass is 9.96. The molecule has 2 saturated heterocycles. The Hall–Kier alpha value is -3.90. The number of cyclic esters (lactones) is 1. The second-order valence-electron chi connectivity index (χ2n) is 9.34. The number of amides is 1. The van der Waals surface area contributed by atoms with Gasteiger partial charge in [-0.05, 0) is 35.7 Å². The Kier molecular flexibility index (Phi) is 4.05. The van der Waals surface area contributed by atoms with Gasteiger partial charge in [-0.15, -0.1) is 0 Å². The lowest BCUT2D eigenvalue weighted by Crippen LogP contribution is -2.36. The minimum atomic E-state index is -0.491. The third kappa shape index (κ3) is 2.66. The molecule has 4 atom stereocenters. The Balaban J connectivity index is 1.11. The van der Waals surface area contributed by atoms with Crippen molar-refractivity contribution in [3.63, 3.8) is 0 Å². The highest BCUT2D eigenvalue weighted by atomic mass is 16.6. The fourth-order valence-corrected chi connectivity index (χ4v) is 5.91. The van der Waals surface area contributed by atoms with E-state index in [-0.39, 0.29) is 30.1 Å². The summed E-state index contributed by atoms with van der Waals surface area (Å²) in [6.45, 7) is 1.74. The maximum absolute atomic E-state index is 12.6. The zero-order chi connectivity index (χ0) is 22.9. The Labute approximate surface area is 195 Å². The molecule has 0 spiro atoms. The number of fused-ring (bicyclic) bond motifs is 4. The van der Waals surface area contributed by atoms with Crippen LogP contribution < -0.4 is 10.2 Å². The van der Waals surface area contributed by atoms with Gasteiger partial charge in [0.2, 0.25) is 0 Å². The van der Waals surface area contributed by atoms with E-state index in [1.165, 1.54) is 6.26 Å². The van der Waals surface area contributed by atoms with E-state index in [0.717, 1.165) is 28.1 Å². The van der Waals surface area contributed by atoms with E-state index >= 15 is 0 Å². The minimum Gasteiger partial charge on any atom is -0.442 e. The van der Waals surface area contributed by atoms with Crippen molar-refractivity contribution in [3.05, 3.63) is 60.1 Å². The largest absolute Gasteiger partial charge is 0.442 e. The molecule has 1 aliphatic carbocycles. The molecule has 5 heterocycles. The van der Waals surface area contributed by atoms with Gasteiger partial charge in [-0.2, -0.15) is 5.26 Å². The van der Waals surface area contributed by atoms with Crippen LogP contribution in [0.1, 0.15) is 11.3 Å². The molecule has 0 radical (unpaired) electrons. The van der Waals surface area contributed by atoms with Crippen molar-refractivity contribution in [2.45, 2.75) is 24.0 Å². The number of carbonyl (C=O) groups is 1. The van der Waals surface area contributed by atoms with Gasteiger partial charge in [0.25, 0.3) is 0 Å². The Morgan fingerprint density at radius 1 is 1.18 bits per heavy atom. The minimum absolute atomic E-state index is 0.0652. The van der Waals surface area contributed by atoms with Crippen LogP contribution in [0.15, 0.2) is 53.4 Å². The molecule has 0 bridgehead atoms. The second-order valence-corrected chi connectivity index (χ2v) is 9.34. The summed E-state index contributed by atoms with van der Waals surface area (Å²) in [5.41, 5.74) is 4.37. The van der Waals surface area contributed by atoms with E-state index in [1.54, 1.807) is 11.0 Å². The lowest BCUT2D eigenvalue weighted by Gasteiger charge is -2.16. The van der Waals surface area contributed by atoms with Crippen LogP contribution >= 0.6 is 0 Å². The van der Waals surface area contributed by atoms with Gasteiger partial charge < -0.3 is 19.3 Å². The fraction of sp³-hybridized carbons (Fsp3) is 0.360. The summed E-state index contributed by atoms with van der Waals surface area (Å²) < 4.78 is 15.9. The third-order valence-electron chi connectivity index (χ3n) is 7.75. The van der Waals surface area contributed by atoms with Gasteiger partial charge in [0.15, 0.2) is 5.82 Å². The highest BCUT2D eigenvalue weighted by Gasteiger charge is 2.70. The first kappa shape index (κ1) is 19.6. The number of benzene rings is 1. The Morgan fingerprint density at radius 3 is 2.76 bits per heavy atom. The summed E-state index contributed by atoms with van der Waals surface area (Å²) in [5, 5.41) is 16.8. The summed E-state index contributed by atoms with van der Waals surface area (Å²) >= 11 is 0. The lowest BCUT2D eigenvalue weighted by molar-refractivity contribution is 0.137. The van der Waals surface area contributed by atoms with Crippen molar-refractivity contribution in [1.29, 1.82) is 5.26 Å². The summed E-state index contributed by atoms with van der Waals surface area (Å²) in [6.07, 6.45) is 3.45. The Bertz CT molecular complexity index is 1310. The monoisotopic (exact) mass is 455 g/mol. The molecular weight excluding hydrogens is 434 g/mol. The molecule has 9 heteroatoms. The van der Waals surface area contributed by atoms with Gasteiger partial charge >= 0.3 is 6.09 Å². The standard InChI is InChI=1S/C25H21N5O4/c26-13-25(17-11-32-12-18(17)25)22-4-2-15(9-27-22)14-1-3-19-16(7-14)8-20-21(34-24(31)30(19)20)10-28-23-5-6-33-29-23/h1-7,9,17-18,20-21H,8,10-12H2,(H,28,29)/t17?,18?,20-,21?,25?/m0/s1. The molecule has 2 aromatic heterocycles. The zero-order valence-electron chi connectivity index (χ0n) is 18.2. The number of pyridine rings is 1. The molecule has 1 N–H and O–H groups in total. The SMILES string of the molecule is N#CC1(c2ccc(-c3ccc4c(c3)C[C@H]3C(CNc5ccon5)OC(=O)N43)cn2)C2COCC21. The molecule has 9 nitrogen and oxygen atoms in total. The maximum Gasteiger partial charge on any atom is 0.415 e. The molecule has 3 unspecified atom stereocenters. The summed E-state index contributed by atoms with van der Waals surface area (Å²) in [4.78, 5) is 19.0. The topological polar surface area (TPSA) is 114 Å². The number of aromatic nitrogens is 2. The molecular formula is C25H21N5O4. The Morgan fingerprint density at radius 2 is 2.03 bits per heavy atom. The van der Waals surface area contributed by atoms with Crippen LogP contribution in [0.2, 0.25) is 0 Å². The van der Waals surface area contributed by atoms with Gasteiger partial charge in [0.05, 0.1) is 43.3 Å². The van der Waals surface area contributed by atoms with E-state index in [2.05, 4.69) is 27.6 Å². The summed E-state index contributed by atoms with van der Waals surface area (Å²) in [7, 11) is 0. The number of nitrogens with one attached hydrogen (secondary N) is 1. The van der Waals surface area contributed by atoms with Gasteiger partial charge in [-0.25, -0.2) is 4.79 Å². The average molecular weight is 455 g/mol. The van der Waals surface area contributed by atoms with E-state index in [9.17, 15) is 10.1 Å². The molecule has 34 heavy (non-hydrogen) atoms. The molecule has 3 fully saturated rings. The number of anilines is 2. The quantitative estimate of drug-likeness (QED) is 0.624. The van der Waals surface area contributed by atoms with E-state index < -0.39 is 5.41 Å². The normalized spacial score (nSPS) is 30.3. The van der Waals surface area contributed by atoms with Crippen LogP contribution in [0.25, 0.3) is 11.1 Å². The average Bonchev–Trinajstić information content (AvgIpc) is 3.48. The van der Waals surface area contributed by atoms with Crippen LogP contribution in [0.3, 0.4) is 0 Å². The van der Waals surface area contributed by atoms with Crippen LogP contribution in [0, 0.1) is 23.2 Å². The number of hydrogen-bond acceptors (Lipinski definition) is 8. The number of rotatable bonds is 5. The first-order chi connectivity index (χ1) is 16.7. The molecule has 3 aliphatic heterocycles. The van der Waals surface area contributed by atoms with E-state index in [0.29, 0.717) is 32.0 Å². The smallest absolute Gasteiger partial charge is 0.415 e. The predicted molar refractivity (Wildman–Crippen MR) is 120 cm³/mol. The van der Waals surface area contributed by atoms with Crippen molar-refractivity contribution >= 4 is 17.6 Å². The first-order valence-electron chi connectivity index (χ1n) is 11.4. The van der Waals surface area contributed by atoms with Gasteiger partial charge in [-0.1, -0.05) is 17.3 Å². The fourth-order valence-electron chi connectivity index (χ4n) is 5.91. The second kappa shape index (κ2) is 7.05. The van der Waals surface area contributed by atoms with E-state index in [1.807, 2.05) is 30.5 Å². The van der Waals surface area contributed by atoms with Crippen LogP contribution in [-0.2, 0) is 21.3 Å². The highest BCUT2D eigenvalue weighted by molar-refractivity contribution is 5.94. The van der Waals surface area contributed by atoms with Crippen LogP contribution in [0.5, 0.6) is 0 Å². The molecule has 7 rings (SSSR count). The van der Waals surface area contributed by atoms with Crippen molar-refractivity contribution in [1.82, 2.24) is 10.1 Å². The molecule has 1 aromatic carbocycles. The molecule has 1 saturated carbocycles. The number of hydrogen-bond donors (Lipinski definition) is 1. The summed E-state index contributed by atoms with van der Waals surface area (Å²) in [6, 6.07) is 14.3. The first-order valence-corrected chi connectivity index (χ1v) is 11.4. The van der Waals surface area contributed by atoms with Crippen molar-refractivity contribution in [2.24, 2.45) is 11.8 Å². The maximum atomic E-state index is 12.6. The molecule has 170 valence electrons.